The fraction of sp³-hybridized carbons (Fsp3) is 0.421. The number of anilines is 3. The number of hydrogen-bond acceptors (Lipinski definition) is 9. The molecule has 1 aromatic heterocycles. The lowest BCUT2D eigenvalue weighted by molar-refractivity contribution is -0.171. The van der Waals surface area contributed by atoms with E-state index in [1.54, 1.807) is 26.8 Å². The van der Waals surface area contributed by atoms with Gasteiger partial charge in [-0.25, -0.2) is 9.18 Å². The Labute approximate surface area is 319 Å². The smallest absolute Gasteiger partial charge is 0.471 e. The van der Waals surface area contributed by atoms with Gasteiger partial charge >= 0.3 is 18.2 Å². The Hall–Kier alpha value is -4.93. The summed E-state index contributed by atoms with van der Waals surface area (Å²) in [7, 11) is 1.97. The number of aromatic nitrogens is 2. The number of likely N-dealkylation sites (N-methyl/N-ethyl adjacent to an activating group) is 1. The molecule has 0 saturated carbocycles. The Morgan fingerprint density at radius 2 is 1.69 bits per heavy atom. The number of halogens is 5. The predicted molar refractivity (Wildman–Crippen MR) is 199 cm³/mol. The average Bonchev–Trinajstić information content (AvgIpc) is 3.49. The number of nitrogens with zero attached hydrogens (tertiary/aromatic N) is 5. The lowest BCUT2D eigenvalue weighted by Gasteiger charge is -2.37. The molecule has 4 aromatic rings. The Morgan fingerprint density at radius 1 is 0.982 bits per heavy atom. The highest BCUT2D eigenvalue weighted by Crippen LogP contribution is 2.36. The van der Waals surface area contributed by atoms with E-state index in [2.05, 4.69) is 15.3 Å². The van der Waals surface area contributed by atoms with Crippen LogP contribution in [0.25, 0.3) is 10.9 Å². The molecule has 0 spiro atoms. The number of carbonyl (C=O) groups is 3. The Kier molecular flexibility index (Phi) is 11.6. The fourth-order valence-electron chi connectivity index (χ4n) is 6.44. The van der Waals surface area contributed by atoms with Crippen molar-refractivity contribution in [3.8, 4) is 5.75 Å². The van der Waals surface area contributed by atoms with Gasteiger partial charge in [0.2, 0.25) is 0 Å². The fourth-order valence-corrected chi connectivity index (χ4v) is 6.61. The van der Waals surface area contributed by atoms with Crippen molar-refractivity contribution >= 4 is 57.6 Å². The molecule has 1 N–H and O–H groups in total. The summed E-state index contributed by atoms with van der Waals surface area (Å²) in [4.78, 5) is 45.6. The van der Waals surface area contributed by atoms with Crippen LogP contribution >= 0.6 is 11.6 Å². The topological polar surface area (TPSA) is 118 Å². The van der Waals surface area contributed by atoms with E-state index >= 15 is 0 Å². The van der Waals surface area contributed by atoms with Gasteiger partial charge < -0.3 is 34.2 Å². The van der Waals surface area contributed by atoms with Gasteiger partial charge in [-0.05, 0) is 95.3 Å². The summed E-state index contributed by atoms with van der Waals surface area (Å²) < 4.78 is 74.6. The van der Waals surface area contributed by atoms with E-state index in [1.807, 2.05) is 11.9 Å². The molecule has 6 rings (SSSR count). The van der Waals surface area contributed by atoms with E-state index < -0.39 is 41.5 Å². The third-order valence-corrected chi connectivity index (χ3v) is 9.59. The number of amides is 2. The molecule has 0 aliphatic carbocycles. The molecular weight excluding hydrogens is 748 g/mol. The normalized spacial score (nSPS) is 15.9. The maximum Gasteiger partial charge on any atom is 0.471 e. The molecule has 0 unspecified atom stereocenters. The quantitative estimate of drug-likeness (QED) is 0.184. The summed E-state index contributed by atoms with van der Waals surface area (Å²) in [5.74, 6) is -3.41. The molecule has 0 atom stereocenters. The molecule has 2 aliphatic heterocycles. The molecule has 2 aliphatic rings. The van der Waals surface area contributed by atoms with Gasteiger partial charge in [0.05, 0.1) is 16.8 Å². The lowest BCUT2D eigenvalue weighted by Crippen LogP contribution is -2.50. The summed E-state index contributed by atoms with van der Waals surface area (Å²) in [6, 6.07) is 11.9. The zero-order chi connectivity index (χ0) is 39.7. The highest BCUT2D eigenvalue weighted by Gasteiger charge is 2.46. The summed E-state index contributed by atoms with van der Waals surface area (Å²) >= 11 is 6.22. The molecule has 3 aromatic carbocycles. The van der Waals surface area contributed by atoms with Crippen molar-refractivity contribution in [1.82, 2.24) is 14.7 Å². The number of fused-ring (bicyclic) bond motifs is 1. The van der Waals surface area contributed by atoms with Crippen LogP contribution in [0.4, 0.5) is 39.5 Å². The van der Waals surface area contributed by atoms with Crippen LogP contribution in [0.2, 0.25) is 5.02 Å². The number of rotatable bonds is 8. The molecule has 17 heteroatoms. The Bertz CT molecular complexity index is 2070. The van der Waals surface area contributed by atoms with Crippen LogP contribution in [0, 0.1) is 5.82 Å². The first-order chi connectivity index (χ1) is 26.0. The first kappa shape index (κ1) is 39.8. The van der Waals surface area contributed by atoms with Crippen molar-refractivity contribution in [2.45, 2.75) is 58.0 Å². The molecule has 55 heavy (non-hydrogen) atoms. The zero-order valence-electron chi connectivity index (χ0n) is 30.7. The first-order valence-electron chi connectivity index (χ1n) is 17.7. The second-order valence-electron chi connectivity index (χ2n) is 14.4. The van der Waals surface area contributed by atoms with Gasteiger partial charge in [0.15, 0.2) is 5.82 Å². The van der Waals surface area contributed by atoms with Gasteiger partial charge in [0.25, 0.3) is 5.91 Å². The molecule has 294 valence electrons. The van der Waals surface area contributed by atoms with E-state index in [0.29, 0.717) is 42.3 Å². The highest BCUT2D eigenvalue weighted by molar-refractivity contribution is 6.31. The zero-order valence-corrected chi connectivity index (χ0v) is 31.5. The van der Waals surface area contributed by atoms with Crippen molar-refractivity contribution in [2.24, 2.45) is 0 Å². The molecule has 2 saturated heterocycles. The minimum absolute atomic E-state index is 0.121. The highest BCUT2D eigenvalue weighted by atomic mass is 35.5. The monoisotopic (exact) mass is 788 g/mol. The predicted octanol–water partition coefficient (Wildman–Crippen LogP) is 7.27. The van der Waals surface area contributed by atoms with Crippen molar-refractivity contribution in [3.05, 3.63) is 76.6 Å². The lowest BCUT2D eigenvalue weighted by atomic mass is 10.0. The minimum atomic E-state index is -5.25. The SMILES string of the molecule is CN1CCN(c2ccc(C(=O)Nc3nn(C(=O)OC(C)(C)C)c4ccc(OCc5cc(F)ccc5Cl)cc34)c(N(C(=O)C(F)(F)F)C3CCOCC3)c2)CC1. The Morgan fingerprint density at radius 3 is 2.36 bits per heavy atom. The molecule has 0 bridgehead atoms. The van der Waals surface area contributed by atoms with Gasteiger partial charge in [-0.3, -0.25) is 9.59 Å². The number of ether oxygens (including phenoxy) is 3. The molecule has 2 amide bonds. The van der Waals surface area contributed by atoms with Crippen LogP contribution in [-0.2, 0) is 20.9 Å². The van der Waals surface area contributed by atoms with Crippen LogP contribution in [0.1, 0.15) is 49.5 Å². The van der Waals surface area contributed by atoms with Crippen LogP contribution in [0.5, 0.6) is 5.75 Å². The molecule has 3 heterocycles. The van der Waals surface area contributed by atoms with E-state index in [9.17, 15) is 31.9 Å². The molecule has 0 radical (unpaired) electrons. The summed E-state index contributed by atoms with van der Waals surface area (Å²) in [6.45, 7) is 7.72. The molecular formula is C38H41ClF4N6O6. The number of alkyl halides is 3. The third-order valence-electron chi connectivity index (χ3n) is 9.22. The number of nitrogens with one attached hydrogen (secondary N) is 1. The van der Waals surface area contributed by atoms with Crippen molar-refractivity contribution in [3.63, 3.8) is 0 Å². The van der Waals surface area contributed by atoms with Gasteiger partial charge in [-0.2, -0.15) is 17.9 Å². The summed E-state index contributed by atoms with van der Waals surface area (Å²) in [5, 5.41) is 7.52. The van der Waals surface area contributed by atoms with Gasteiger partial charge in [-0.15, -0.1) is 5.10 Å². The number of carbonyl (C=O) groups excluding carboxylic acids is 3. The maximum absolute atomic E-state index is 14.3. The maximum atomic E-state index is 14.3. The van der Waals surface area contributed by atoms with Crippen LogP contribution in [0.15, 0.2) is 54.6 Å². The van der Waals surface area contributed by atoms with Gasteiger partial charge in [0.1, 0.15) is 23.8 Å². The minimum Gasteiger partial charge on any atom is -0.489 e. The van der Waals surface area contributed by atoms with Crippen molar-refractivity contribution < 1.29 is 46.2 Å². The van der Waals surface area contributed by atoms with Crippen molar-refractivity contribution in [1.29, 1.82) is 0 Å². The number of benzene rings is 3. The van der Waals surface area contributed by atoms with Gasteiger partial charge in [-0.1, -0.05) is 11.6 Å². The third kappa shape index (κ3) is 9.31. The summed E-state index contributed by atoms with van der Waals surface area (Å²) in [6.07, 6.45) is -5.87. The second kappa shape index (κ2) is 16.0. The number of piperazine rings is 1. The second-order valence-corrected chi connectivity index (χ2v) is 14.8. The van der Waals surface area contributed by atoms with Crippen molar-refractivity contribution in [2.75, 3.05) is 61.6 Å². The van der Waals surface area contributed by atoms with E-state index in [1.165, 1.54) is 48.5 Å². The molecule has 12 nitrogen and oxygen atoms in total. The summed E-state index contributed by atoms with van der Waals surface area (Å²) in [5.41, 5.74) is -0.237. The van der Waals surface area contributed by atoms with E-state index in [-0.39, 0.29) is 71.4 Å². The van der Waals surface area contributed by atoms with Gasteiger partial charge in [0, 0.05) is 67.1 Å². The first-order valence-corrected chi connectivity index (χ1v) is 18.1. The standard InChI is InChI=1S/C38H41ClF4N6O6/c1-37(2,3)55-36(52)49-31-10-7-27(54-22-23-19-24(40)5-9-30(23)39)21-29(31)33(45-49)44-34(50)28-8-6-26(47-15-13-46(4)14-16-47)20-32(28)48(35(51)38(41,42)43)25-11-17-53-18-12-25/h5-10,19-21,25H,11-18,22H2,1-4H3,(H,44,45,50). The van der Waals surface area contributed by atoms with E-state index in [0.717, 1.165) is 4.68 Å². The van der Waals surface area contributed by atoms with E-state index in [4.69, 9.17) is 25.8 Å². The average molecular weight is 789 g/mol. The van der Waals surface area contributed by atoms with Crippen LogP contribution in [-0.4, -0.2) is 96.8 Å². The molecule has 2 fully saturated rings. The largest absolute Gasteiger partial charge is 0.489 e. The van der Waals surface area contributed by atoms with Crippen LogP contribution in [0.3, 0.4) is 0 Å². The van der Waals surface area contributed by atoms with Crippen LogP contribution < -0.4 is 19.9 Å². The Balaban J connectivity index is 1.42. The number of hydrogen-bond donors (Lipinski definition) is 1.